The quantitative estimate of drug-likeness (QED) is 0.759. The molecule has 2 amide bonds. The van der Waals surface area contributed by atoms with Crippen LogP contribution in [0.2, 0.25) is 10.0 Å². The maximum absolute atomic E-state index is 12.7. The van der Waals surface area contributed by atoms with Crippen LogP contribution in [0.3, 0.4) is 0 Å². The second-order valence-corrected chi connectivity index (χ2v) is 7.59. The molecule has 2 heterocycles. The zero-order valence-electron chi connectivity index (χ0n) is 13.3. The largest absolute Gasteiger partial charge is 0.396 e. The van der Waals surface area contributed by atoms with Crippen molar-refractivity contribution in [2.24, 2.45) is 0 Å². The highest BCUT2D eigenvalue weighted by Gasteiger charge is 2.33. The number of benzene rings is 1. The number of carbonyl (C=O) groups is 2. The van der Waals surface area contributed by atoms with Crippen LogP contribution < -0.4 is 11.1 Å². The van der Waals surface area contributed by atoms with Gasteiger partial charge in [0.25, 0.3) is 5.91 Å². The highest BCUT2D eigenvalue weighted by molar-refractivity contribution is 7.12. The molecule has 0 spiro atoms. The number of hydrogen-bond donors (Lipinski definition) is 2. The van der Waals surface area contributed by atoms with Crippen molar-refractivity contribution >= 4 is 57.7 Å². The first-order valence-corrected chi connectivity index (χ1v) is 9.51. The van der Waals surface area contributed by atoms with E-state index in [0.717, 1.165) is 12.8 Å². The van der Waals surface area contributed by atoms with Crippen molar-refractivity contribution in [3.63, 3.8) is 0 Å². The van der Waals surface area contributed by atoms with E-state index >= 15 is 0 Å². The first kappa shape index (κ1) is 18.0. The molecule has 0 bridgehead atoms. The zero-order valence-corrected chi connectivity index (χ0v) is 15.6. The zero-order chi connectivity index (χ0) is 18.0. The minimum absolute atomic E-state index is 0.108. The van der Waals surface area contributed by atoms with Crippen molar-refractivity contribution in [2.45, 2.75) is 25.3 Å². The number of rotatable bonds is 3. The third-order valence-corrected chi connectivity index (χ3v) is 5.63. The van der Waals surface area contributed by atoms with Crippen LogP contribution in [0, 0.1) is 0 Å². The third-order valence-electron chi connectivity index (χ3n) is 4.14. The summed E-state index contributed by atoms with van der Waals surface area (Å²) in [5.41, 5.74) is 6.45. The lowest BCUT2D eigenvalue weighted by Gasteiger charge is -2.34. The second kappa shape index (κ2) is 7.64. The van der Waals surface area contributed by atoms with E-state index in [1.165, 1.54) is 11.3 Å². The molecule has 0 radical (unpaired) electrons. The van der Waals surface area contributed by atoms with Crippen LogP contribution in [0.1, 0.15) is 28.9 Å². The Kier molecular flexibility index (Phi) is 5.51. The summed E-state index contributed by atoms with van der Waals surface area (Å²) in [4.78, 5) is 27.7. The summed E-state index contributed by atoms with van der Waals surface area (Å²) in [6.07, 6.45) is 2.41. The van der Waals surface area contributed by atoms with Crippen LogP contribution in [0.4, 0.5) is 11.4 Å². The lowest BCUT2D eigenvalue weighted by atomic mass is 10.0. The Morgan fingerprint density at radius 1 is 1.24 bits per heavy atom. The summed E-state index contributed by atoms with van der Waals surface area (Å²) in [5, 5.41) is 5.20. The van der Waals surface area contributed by atoms with E-state index in [1.807, 2.05) is 11.4 Å². The van der Waals surface area contributed by atoms with Gasteiger partial charge >= 0.3 is 0 Å². The Bertz CT molecular complexity index is 772. The third kappa shape index (κ3) is 3.92. The van der Waals surface area contributed by atoms with Gasteiger partial charge in [-0.15, -0.1) is 11.3 Å². The molecule has 1 atom stereocenters. The van der Waals surface area contributed by atoms with Crippen LogP contribution in [-0.2, 0) is 4.79 Å². The number of anilines is 2. The van der Waals surface area contributed by atoms with Gasteiger partial charge in [0.2, 0.25) is 5.91 Å². The van der Waals surface area contributed by atoms with Crippen molar-refractivity contribution in [1.29, 1.82) is 0 Å². The molecular weight excluding hydrogens is 381 g/mol. The predicted molar refractivity (Wildman–Crippen MR) is 102 cm³/mol. The number of carbonyl (C=O) groups excluding carboxylic acids is 2. The summed E-state index contributed by atoms with van der Waals surface area (Å²) in [6, 6.07) is 6.19. The van der Waals surface area contributed by atoms with E-state index in [4.69, 9.17) is 28.9 Å². The number of nitrogens with two attached hydrogens (primary N) is 1. The number of likely N-dealkylation sites (tertiary alicyclic amines) is 1. The molecule has 3 N–H and O–H groups in total. The van der Waals surface area contributed by atoms with Crippen molar-refractivity contribution in [2.75, 3.05) is 17.6 Å². The van der Waals surface area contributed by atoms with Gasteiger partial charge in [-0.25, -0.2) is 0 Å². The molecular formula is C17H17Cl2N3O2S. The normalized spacial score (nSPS) is 17.4. The van der Waals surface area contributed by atoms with Gasteiger partial charge in [-0.2, -0.15) is 0 Å². The van der Waals surface area contributed by atoms with E-state index in [2.05, 4.69) is 5.32 Å². The molecule has 3 rings (SSSR count). The molecule has 132 valence electrons. The summed E-state index contributed by atoms with van der Waals surface area (Å²) < 4.78 is 0. The molecule has 2 aromatic rings. The molecule has 1 saturated heterocycles. The molecule has 5 nitrogen and oxygen atoms in total. The summed E-state index contributed by atoms with van der Waals surface area (Å²) in [7, 11) is 0. The number of nitrogens with one attached hydrogen (secondary N) is 1. The summed E-state index contributed by atoms with van der Waals surface area (Å²) >= 11 is 13.4. The Hall–Kier alpha value is -1.76. The number of piperidine rings is 1. The number of amides is 2. The number of thiophene rings is 1. The van der Waals surface area contributed by atoms with Gasteiger partial charge in [0.1, 0.15) is 6.04 Å². The maximum Gasteiger partial charge on any atom is 0.264 e. The average Bonchev–Trinajstić information content (AvgIpc) is 3.13. The van der Waals surface area contributed by atoms with Crippen LogP contribution in [-0.4, -0.2) is 29.3 Å². The van der Waals surface area contributed by atoms with Gasteiger partial charge in [0.05, 0.1) is 20.6 Å². The number of nitrogens with zero attached hydrogens (tertiary/aromatic N) is 1. The van der Waals surface area contributed by atoms with Gasteiger partial charge in [-0.3, -0.25) is 9.59 Å². The molecule has 1 unspecified atom stereocenters. The lowest BCUT2D eigenvalue weighted by Crippen LogP contribution is -2.49. The van der Waals surface area contributed by atoms with Crippen LogP contribution in [0.25, 0.3) is 0 Å². The minimum Gasteiger partial charge on any atom is -0.396 e. The number of halogens is 2. The van der Waals surface area contributed by atoms with E-state index in [-0.39, 0.29) is 27.5 Å². The molecule has 1 aliphatic rings. The van der Waals surface area contributed by atoms with Gasteiger partial charge in [0.15, 0.2) is 0 Å². The minimum atomic E-state index is -0.515. The first-order chi connectivity index (χ1) is 12.0. The van der Waals surface area contributed by atoms with Crippen LogP contribution in [0.5, 0.6) is 0 Å². The van der Waals surface area contributed by atoms with Crippen molar-refractivity contribution in [3.05, 3.63) is 44.6 Å². The summed E-state index contributed by atoms with van der Waals surface area (Å²) in [5.74, 6) is -0.357. The predicted octanol–water partition coefficient (Wildman–Crippen LogP) is 4.27. The molecule has 25 heavy (non-hydrogen) atoms. The van der Waals surface area contributed by atoms with Crippen LogP contribution >= 0.6 is 34.5 Å². The number of nitrogen functional groups attached to an aromatic ring is 1. The molecule has 0 aliphatic carbocycles. The van der Waals surface area contributed by atoms with E-state index in [9.17, 15) is 9.59 Å². The smallest absolute Gasteiger partial charge is 0.264 e. The Morgan fingerprint density at radius 2 is 1.96 bits per heavy atom. The molecule has 1 aromatic heterocycles. The monoisotopic (exact) mass is 397 g/mol. The SMILES string of the molecule is Nc1c(Cl)cc(NC(=O)C2CCCCN2C(=O)c2cccs2)cc1Cl. The maximum atomic E-state index is 12.7. The van der Waals surface area contributed by atoms with Crippen LogP contribution in [0.15, 0.2) is 29.6 Å². The fraction of sp³-hybridized carbons (Fsp3) is 0.294. The molecule has 1 fully saturated rings. The average molecular weight is 398 g/mol. The van der Waals surface area contributed by atoms with E-state index in [1.54, 1.807) is 23.1 Å². The van der Waals surface area contributed by atoms with Crippen molar-refractivity contribution < 1.29 is 9.59 Å². The number of hydrogen-bond acceptors (Lipinski definition) is 4. The first-order valence-electron chi connectivity index (χ1n) is 7.87. The lowest BCUT2D eigenvalue weighted by molar-refractivity contribution is -0.121. The van der Waals surface area contributed by atoms with Gasteiger partial charge < -0.3 is 16.0 Å². The molecule has 0 saturated carbocycles. The van der Waals surface area contributed by atoms with Crippen molar-refractivity contribution in [3.8, 4) is 0 Å². The van der Waals surface area contributed by atoms with Gasteiger partial charge in [0, 0.05) is 12.2 Å². The molecule has 1 aliphatic heterocycles. The van der Waals surface area contributed by atoms with Crippen molar-refractivity contribution in [1.82, 2.24) is 4.90 Å². The Balaban J connectivity index is 1.78. The van der Waals surface area contributed by atoms with E-state index in [0.29, 0.717) is 23.5 Å². The van der Waals surface area contributed by atoms with Gasteiger partial charge in [-0.05, 0) is 42.8 Å². The molecule has 8 heteroatoms. The summed E-state index contributed by atoms with van der Waals surface area (Å²) in [6.45, 7) is 0.568. The second-order valence-electron chi connectivity index (χ2n) is 5.83. The van der Waals surface area contributed by atoms with E-state index < -0.39 is 6.04 Å². The fourth-order valence-electron chi connectivity index (χ4n) is 2.87. The standard InChI is InChI=1S/C17H17Cl2N3O2S/c18-11-8-10(9-12(19)15(11)20)21-16(23)13-4-1-2-6-22(13)17(24)14-5-3-7-25-14/h3,5,7-9,13H,1-2,4,6,20H2,(H,21,23). The topological polar surface area (TPSA) is 75.4 Å². The fourth-order valence-corrected chi connectivity index (χ4v) is 4.04. The highest BCUT2D eigenvalue weighted by Crippen LogP contribution is 2.31. The Morgan fingerprint density at radius 3 is 2.60 bits per heavy atom. The Labute approximate surface area is 159 Å². The van der Waals surface area contributed by atoms with Gasteiger partial charge in [-0.1, -0.05) is 29.3 Å². The highest BCUT2D eigenvalue weighted by atomic mass is 35.5. The molecule has 1 aromatic carbocycles.